The molecule has 0 saturated heterocycles. The van der Waals surface area contributed by atoms with E-state index in [-0.39, 0.29) is 16.9 Å². The first kappa shape index (κ1) is 22.4. The van der Waals surface area contributed by atoms with Crippen molar-refractivity contribution < 1.29 is 17.9 Å². The fraction of sp³-hybridized carbons (Fsp3) is 0.208. The summed E-state index contributed by atoms with van der Waals surface area (Å²) >= 11 is 0. The van der Waals surface area contributed by atoms with Crippen LogP contribution in [0.1, 0.15) is 29.8 Å². The number of nitrogens with one attached hydrogen (secondary N) is 1. The van der Waals surface area contributed by atoms with Crippen LogP contribution >= 0.6 is 0 Å². The van der Waals surface area contributed by atoms with Crippen molar-refractivity contribution in [1.82, 2.24) is 0 Å². The molecule has 3 rings (SSSR count). The van der Waals surface area contributed by atoms with Crippen LogP contribution in [-0.4, -0.2) is 27.5 Å². The second-order valence-electron chi connectivity index (χ2n) is 7.45. The van der Waals surface area contributed by atoms with Crippen LogP contribution in [0.5, 0.6) is 5.75 Å². The van der Waals surface area contributed by atoms with Gasteiger partial charge < -0.3 is 10.1 Å². The maximum Gasteiger partial charge on any atom is 0.264 e. The number of aryl methyl sites for hydroxylation is 1. The van der Waals surface area contributed by atoms with Crippen LogP contribution in [0.2, 0.25) is 0 Å². The zero-order chi connectivity index (χ0) is 22.6. The average Bonchev–Trinajstić information content (AvgIpc) is 2.74. The van der Waals surface area contributed by atoms with Crippen LogP contribution < -0.4 is 14.4 Å². The molecule has 0 aliphatic heterocycles. The number of benzene rings is 3. The number of carbonyl (C=O) groups is 1. The van der Waals surface area contributed by atoms with Gasteiger partial charge in [0.25, 0.3) is 15.9 Å². The highest BCUT2D eigenvalue weighted by Gasteiger charge is 2.22. The predicted octanol–water partition coefficient (Wildman–Crippen LogP) is 4.86. The Balaban J connectivity index is 1.85. The summed E-state index contributed by atoms with van der Waals surface area (Å²) in [7, 11) is -2.28. The van der Waals surface area contributed by atoms with Crippen molar-refractivity contribution in [2.75, 3.05) is 16.7 Å². The monoisotopic (exact) mass is 438 g/mol. The second kappa shape index (κ2) is 9.22. The third-order valence-corrected chi connectivity index (χ3v) is 6.45. The number of rotatable bonds is 7. The highest BCUT2D eigenvalue weighted by molar-refractivity contribution is 7.92. The summed E-state index contributed by atoms with van der Waals surface area (Å²) in [5.41, 5.74) is 2.25. The van der Waals surface area contributed by atoms with E-state index in [0.717, 1.165) is 5.56 Å². The first-order chi connectivity index (χ1) is 14.7. The van der Waals surface area contributed by atoms with E-state index in [0.29, 0.717) is 22.7 Å². The van der Waals surface area contributed by atoms with Gasteiger partial charge in [-0.15, -0.1) is 0 Å². The van der Waals surface area contributed by atoms with Gasteiger partial charge in [-0.2, -0.15) is 0 Å². The van der Waals surface area contributed by atoms with Crippen LogP contribution in [0.4, 0.5) is 11.4 Å². The van der Waals surface area contributed by atoms with Crippen molar-refractivity contribution in [1.29, 1.82) is 0 Å². The molecule has 0 spiro atoms. The molecule has 0 fully saturated rings. The number of sulfonamides is 1. The normalized spacial score (nSPS) is 11.3. The summed E-state index contributed by atoms with van der Waals surface area (Å²) in [6.45, 7) is 5.71. The summed E-state index contributed by atoms with van der Waals surface area (Å²) in [5.74, 6) is 0.212. The number of amides is 1. The molecule has 1 amide bonds. The molecule has 0 aromatic heterocycles. The fourth-order valence-electron chi connectivity index (χ4n) is 2.97. The summed E-state index contributed by atoms with van der Waals surface area (Å²) in [4.78, 5) is 13.0. The Morgan fingerprint density at radius 3 is 2.32 bits per heavy atom. The lowest BCUT2D eigenvalue weighted by Crippen LogP contribution is -2.27. The van der Waals surface area contributed by atoms with Gasteiger partial charge in [0.1, 0.15) is 5.75 Å². The maximum atomic E-state index is 13.0. The molecule has 6 nitrogen and oxygen atoms in total. The van der Waals surface area contributed by atoms with Crippen LogP contribution in [-0.2, 0) is 10.0 Å². The molecule has 0 aliphatic rings. The Kier molecular flexibility index (Phi) is 6.65. The van der Waals surface area contributed by atoms with Gasteiger partial charge in [-0.1, -0.05) is 35.9 Å². The molecular weight excluding hydrogens is 412 g/mol. The highest BCUT2D eigenvalue weighted by Crippen LogP contribution is 2.27. The number of para-hydroxylation sites is 2. The first-order valence-electron chi connectivity index (χ1n) is 9.91. The Hall–Kier alpha value is -3.32. The van der Waals surface area contributed by atoms with Gasteiger partial charge in [-0.3, -0.25) is 9.10 Å². The molecule has 1 N–H and O–H groups in total. The average molecular weight is 439 g/mol. The Labute approximate surface area is 183 Å². The lowest BCUT2D eigenvalue weighted by Gasteiger charge is -2.20. The molecule has 3 aromatic carbocycles. The van der Waals surface area contributed by atoms with Crippen molar-refractivity contribution in [2.45, 2.75) is 31.8 Å². The minimum atomic E-state index is -3.75. The molecule has 0 saturated carbocycles. The number of ether oxygens (including phenoxy) is 1. The number of hydrogen-bond acceptors (Lipinski definition) is 4. The van der Waals surface area contributed by atoms with E-state index in [1.165, 1.54) is 11.4 Å². The zero-order valence-corrected chi connectivity index (χ0v) is 18.8. The minimum Gasteiger partial charge on any atom is -0.489 e. The maximum absolute atomic E-state index is 13.0. The summed E-state index contributed by atoms with van der Waals surface area (Å²) in [6.07, 6.45) is -0.0398. The number of hydrogen-bond donors (Lipinski definition) is 1. The van der Waals surface area contributed by atoms with E-state index in [4.69, 9.17) is 4.74 Å². The lowest BCUT2D eigenvalue weighted by molar-refractivity contribution is 0.102. The van der Waals surface area contributed by atoms with Crippen LogP contribution in [0, 0.1) is 6.92 Å². The van der Waals surface area contributed by atoms with Crippen molar-refractivity contribution in [3.8, 4) is 5.75 Å². The van der Waals surface area contributed by atoms with E-state index < -0.39 is 10.0 Å². The molecule has 162 valence electrons. The van der Waals surface area contributed by atoms with Crippen molar-refractivity contribution in [3.05, 3.63) is 83.9 Å². The number of carbonyl (C=O) groups excluding carboxylic acids is 1. The molecule has 0 atom stereocenters. The van der Waals surface area contributed by atoms with Gasteiger partial charge in [0.15, 0.2) is 0 Å². The van der Waals surface area contributed by atoms with Gasteiger partial charge in [-0.05, 0) is 63.2 Å². The molecule has 31 heavy (non-hydrogen) atoms. The Morgan fingerprint density at radius 1 is 0.968 bits per heavy atom. The zero-order valence-electron chi connectivity index (χ0n) is 18.0. The van der Waals surface area contributed by atoms with Crippen LogP contribution in [0.15, 0.2) is 77.7 Å². The SMILES string of the molecule is Cc1ccc(S(=O)(=O)N(C)c2cccc(C(=O)Nc3ccccc3OC(C)C)c2)cc1. The minimum absolute atomic E-state index is 0.0398. The van der Waals surface area contributed by atoms with E-state index in [9.17, 15) is 13.2 Å². The Morgan fingerprint density at radius 2 is 1.65 bits per heavy atom. The van der Waals surface area contributed by atoms with Gasteiger partial charge in [0.05, 0.1) is 22.4 Å². The van der Waals surface area contributed by atoms with Crippen molar-refractivity contribution in [2.24, 2.45) is 0 Å². The van der Waals surface area contributed by atoms with Crippen molar-refractivity contribution in [3.63, 3.8) is 0 Å². The van der Waals surface area contributed by atoms with Gasteiger partial charge in [0, 0.05) is 12.6 Å². The standard InChI is InChI=1S/C24H26N2O4S/c1-17(2)30-23-11-6-5-10-22(23)25-24(27)19-8-7-9-20(16-19)26(4)31(28,29)21-14-12-18(3)13-15-21/h5-17H,1-4H3,(H,25,27). The quantitative estimate of drug-likeness (QED) is 0.572. The van der Waals surface area contributed by atoms with Crippen molar-refractivity contribution >= 4 is 27.3 Å². The molecule has 0 heterocycles. The van der Waals surface area contributed by atoms with Gasteiger partial charge >= 0.3 is 0 Å². The molecule has 7 heteroatoms. The molecule has 0 unspecified atom stereocenters. The third kappa shape index (κ3) is 5.24. The largest absolute Gasteiger partial charge is 0.489 e. The molecular formula is C24H26N2O4S. The number of nitrogens with zero attached hydrogens (tertiary/aromatic N) is 1. The summed E-state index contributed by atoms with van der Waals surface area (Å²) in [6, 6.07) is 20.3. The molecule has 0 bridgehead atoms. The van der Waals surface area contributed by atoms with Crippen LogP contribution in [0.25, 0.3) is 0 Å². The summed E-state index contributed by atoms with van der Waals surface area (Å²) < 4.78 is 32.9. The van der Waals surface area contributed by atoms with Gasteiger partial charge in [-0.25, -0.2) is 8.42 Å². The topological polar surface area (TPSA) is 75.7 Å². The molecule has 3 aromatic rings. The van der Waals surface area contributed by atoms with E-state index in [1.54, 1.807) is 66.7 Å². The first-order valence-corrected chi connectivity index (χ1v) is 11.3. The molecule has 0 radical (unpaired) electrons. The smallest absolute Gasteiger partial charge is 0.264 e. The Bertz CT molecular complexity index is 1170. The third-order valence-electron chi connectivity index (χ3n) is 4.65. The van der Waals surface area contributed by atoms with E-state index in [2.05, 4.69) is 5.32 Å². The summed E-state index contributed by atoms with van der Waals surface area (Å²) in [5, 5.41) is 2.84. The second-order valence-corrected chi connectivity index (χ2v) is 9.42. The number of anilines is 2. The highest BCUT2D eigenvalue weighted by atomic mass is 32.2. The van der Waals surface area contributed by atoms with E-state index in [1.807, 2.05) is 26.8 Å². The fourth-order valence-corrected chi connectivity index (χ4v) is 4.16. The van der Waals surface area contributed by atoms with E-state index >= 15 is 0 Å². The molecule has 0 aliphatic carbocycles. The lowest BCUT2D eigenvalue weighted by atomic mass is 10.2. The van der Waals surface area contributed by atoms with Gasteiger partial charge in [0.2, 0.25) is 0 Å². The van der Waals surface area contributed by atoms with Crippen LogP contribution in [0.3, 0.4) is 0 Å². The predicted molar refractivity (Wildman–Crippen MR) is 123 cm³/mol.